The predicted octanol–water partition coefficient (Wildman–Crippen LogP) is 3.06. The van der Waals surface area contributed by atoms with Crippen molar-refractivity contribution in [3.05, 3.63) is 0 Å². The van der Waals surface area contributed by atoms with E-state index >= 15 is 0 Å². The van der Waals surface area contributed by atoms with Crippen LogP contribution < -0.4 is 5.32 Å². The molecule has 100 valence electrons. The van der Waals surface area contributed by atoms with Crippen LogP contribution in [-0.4, -0.2) is 34.7 Å². The molecule has 4 atom stereocenters. The van der Waals surface area contributed by atoms with Gasteiger partial charge in [-0.1, -0.05) is 0 Å². The molecule has 0 aromatic rings. The molecular formula is C8H7Cl2F6N. The van der Waals surface area contributed by atoms with Gasteiger partial charge in [-0.15, -0.1) is 23.2 Å². The standard InChI is InChI=1S/C8H7Cl2F6N/c9-3-1-2-4(10)5(3)17-6(2,7(11,12)13)8(14,15)16/h2-5,17H,1H2/t2-,3+,4+,5-/m0/s1. The maximum Gasteiger partial charge on any atom is 0.415 e. The van der Waals surface area contributed by atoms with Crippen molar-refractivity contribution in [2.45, 2.75) is 41.1 Å². The Bertz CT molecular complexity index is 313. The van der Waals surface area contributed by atoms with E-state index in [0.29, 0.717) is 0 Å². The molecule has 1 saturated heterocycles. The fraction of sp³-hybridized carbons (Fsp3) is 1.00. The number of hydrogen-bond donors (Lipinski definition) is 1. The zero-order valence-corrected chi connectivity index (χ0v) is 9.55. The Balaban J connectivity index is 2.48. The molecule has 17 heavy (non-hydrogen) atoms. The predicted molar refractivity (Wildman–Crippen MR) is 49.2 cm³/mol. The average molecular weight is 302 g/mol. The number of nitrogens with one attached hydrogen (secondary N) is 1. The monoisotopic (exact) mass is 301 g/mol. The van der Waals surface area contributed by atoms with E-state index in [4.69, 9.17) is 23.2 Å². The van der Waals surface area contributed by atoms with Crippen LogP contribution in [0.5, 0.6) is 0 Å². The first kappa shape index (κ1) is 13.5. The molecule has 2 rings (SSSR count). The van der Waals surface area contributed by atoms with Crippen molar-refractivity contribution in [3.63, 3.8) is 0 Å². The Morgan fingerprint density at radius 1 is 1.00 bits per heavy atom. The summed E-state index contributed by atoms with van der Waals surface area (Å²) in [5.41, 5.74) is -3.93. The molecule has 2 fully saturated rings. The summed E-state index contributed by atoms with van der Waals surface area (Å²) in [6.45, 7) is 0. The quantitative estimate of drug-likeness (QED) is 0.536. The molecule has 0 unspecified atom stereocenters. The average Bonchev–Trinajstić information content (AvgIpc) is 2.53. The van der Waals surface area contributed by atoms with Crippen LogP contribution in [0.1, 0.15) is 6.42 Å². The molecule has 2 aliphatic rings. The Morgan fingerprint density at radius 3 is 1.71 bits per heavy atom. The van der Waals surface area contributed by atoms with Crippen LogP contribution in [0.3, 0.4) is 0 Å². The lowest BCUT2D eigenvalue weighted by Crippen LogP contribution is -2.70. The Hall–Kier alpha value is 0.120. The Kier molecular flexibility index (Phi) is 2.85. The first-order valence-corrected chi connectivity index (χ1v) is 5.59. The van der Waals surface area contributed by atoms with Crippen molar-refractivity contribution in [2.24, 2.45) is 5.92 Å². The van der Waals surface area contributed by atoms with Gasteiger partial charge in [-0.2, -0.15) is 26.3 Å². The van der Waals surface area contributed by atoms with Crippen molar-refractivity contribution < 1.29 is 26.3 Å². The van der Waals surface area contributed by atoms with Gasteiger partial charge in [0, 0.05) is 12.0 Å². The van der Waals surface area contributed by atoms with Crippen LogP contribution in [0, 0.1) is 5.92 Å². The van der Waals surface area contributed by atoms with E-state index in [-0.39, 0.29) is 0 Å². The molecule has 0 spiro atoms. The number of hydrogen-bond acceptors (Lipinski definition) is 1. The van der Waals surface area contributed by atoms with E-state index in [0.717, 1.165) is 0 Å². The normalized spacial score (nSPS) is 40.9. The van der Waals surface area contributed by atoms with Crippen LogP contribution in [0.2, 0.25) is 0 Å². The van der Waals surface area contributed by atoms with Gasteiger partial charge in [0.05, 0.1) is 10.8 Å². The van der Waals surface area contributed by atoms with Gasteiger partial charge in [-0.3, -0.25) is 5.32 Å². The van der Waals surface area contributed by atoms with E-state index < -0.39 is 47.0 Å². The van der Waals surface area contributed by atoms with E-state index in [1.807, 2.05) is 0 Å². The summed E-state index contributed by atoms with van der Waals surface area (Å²) in [4.78, 5) is 0. The van der Waals surface area contributed by atoms with Gasteiger partial charge in [-0.05, 0) is 6.42 Å². The lowest BCUT2D eigenvalue weighted by molar-refractivity contribution is -0.318. The molecule has 0 radical (unpaired) electrons. The van der Waals surface area contributed by atoms with Gasteiger partial charge in [0.15, 0.2) is 0 Å². The molecule has 1 aliphatic carbocycles. The van der Waals surface area contributed by atoms with Gasteiger partial charge in [-0.25, -0.2) is 0 Å². The molecule has 1 aliphatic heterocycles. The second kappa shape index (κ2) is 3.57. The fourth-order valence-corrected chi connectivity index (χ4v) is 3.69. The number of alkyl halides is 8. The minimum atomic E-state index is -5.45. The summed E-state index contributed by atoms with van der Waals surface area (Å²) in [6.07, 6.45) is -11.3. The molecule has 0 amide bonds. The van der Waals surface area contributed by atoms with Crippen molar-refractivity contribution >= 4 is 23.2 Å². The number of halogens is 8. The second-order valence-corrected chi connectivity index (χ2v) is 5.34. The molecule has 2 bridgehead atoms. The van der Waals surface area contributed by atoms with Crippen molar-refractivity contribution in [3.8, 4) is 0 Å². The van der Waals surface area contributed by atoms with Crippen molar-refractivity contribution in [1.82, 2.24) is 5.32 Å². The summed E-state index contributed by atoms with van der Waals surface area (Å²) >= 11 is 11.3. The Morgan fingerprint density at radius 2 is 1.47 bits per heavy atom. The fourth-order valence-electron chi connectivity index (χ4n) is 2.67. The van der Waals surface area contributed by atoms with Gasteiger partial charge in [0.1, 0.15) is 0 Å². The van der Waals surface area contributed by atoms with Gasteiger partial charge in [0.2, 0.25) is 5.54 Å². The Labute approximate surface area is 102 Å². The summed E-state index contributed by atoms with van der Waals surface area (Å²) < 4.78 is 76.7. The smallest absolute Gasteiger partial charge is 0.290 e. The van der Waals surface area contributed by atoms with Crippen LogP contribution >= 0.6 is 23.2 Å². The molecule has 1 heterocycles. The first-order valence-electron chi connectivity index (χ1n) is 4.71. The second-order valence-electron chi connectivity index (χ2n) is 4.28. The minimum absolute atomic E-state index is 0.396. The molecular weight excluding hydrogens is 295 g/mol. The van der Waals surface area contributed by atoms with E-state index in [1.54, 1.807) is 5.32 Å². The minimum Gasteiger partial charge on any atom is -0.290 e. The summed E-state index contributed by atoms with van der Waals surface area (Å²) in [6, 6.07) is -1.17. The number of piperidine rings is 1. The van der Waals surface area contributed by atoms with Gasteiger partial charge < -0.3 is 0 Å². The molecule has 1 saturated carbocycles. The van der Waals surface area contributed by atoms with Crippen LogP contribution in [0.15, 0.2) is 0 Å². The lowest BCUT2D eigenvalue weighted by Gasteiger charge is -2.41. The number of rotatable bonds is 0. The van der Waals surface area contributed by atoms with Gasteiger partial charge in [0.25, 0.3) is 0 Å². The summed E-state index contributed by atoms with van der Waals surface area (Å²) in [5.74, 6) is -1.78. The highest BCUT2D eigenvalue weighted by Crippen LogP contribution is 2.59. The third-order valence-corrected chi connectivity index (χ3v) is 4.47. The molecule has 1 nitrogen and oxygen atoms in total. The molecule has 1 N–H and O–H groups in total. The maximum atomic E-state index is 12.8. The third-order valence-electron chi connectivity index (χ3n) is 3.44. The lowest BCUT2D eigenvalue weighted by atomic mass is 9.82. The highest BCUT2D eigenvalue weighted by atomic mass is 35.5. The highest BCUT2D eigenvalue weighted by molar-refractivity contribution is 6.26. The zero-order valence-electron chi connectivity index (χ0n) is 8.04. The highest BCUT2D eigenvalue weighted by Gasteiger charge is 2.81. The van der Waals surface area contributed by atoms with E-state index in [2.05, 4.69) is 0 Å². The molecule has 9 heteroatoms. The van der Waals surface area contributed by atoms with Crippen molar-refractivity contribution in [2.75, 3.05) is 0 Å². The topological polar surface area (TPSA) is 12.0 Å². The summed E-state index contributed by atoms with van der Waals surface area (Å²) in [5, 5.41) is -0.499. The van der Waals surface area contributed by atoms with Crippen LogP contribution in [0.4, 0.5) is 26.3 Å². The maximum absolute atomic E-state index is 12.8. The zero-order chi connectivity index (χ0) is 13.2. The van der Waals surface area contributed by atoms with Crippen LogP contribution in [-0.2, 0) is 0 Å². The molecule has 0 aromatic heterocycles. The largest absolute Gasteiger partial charge is 0.415 e. The van der Waals surface area contributed by atoms with Gasteiger partial charge >= 0.3 is 12.4 Å². The SMILES string of the molecule is FC(F)(F)C1(C(F)(F)F)N[C@@H]2[C@H](Cl)[C@@H]1C[C@H]2Cl. The van der Waals surface area contributed by atoms with E-state index in [9.17, 15) is 26.3 Å². The first-order chi connectivity index (χ1) is 7.52. The van der Waals surface area contributed by atoms with E-state index in [1.165, 1.54) is 0 Å². The number of fused-ring (bicyclic) bond motifs is 2. The summed E-state index contributed by atoms with van der Waals surface area (Å²) in [7, 11) is 0. The van der Waals surface area contributed by atoms with Crippen molar-refractivity contribution in [1.29, 1.82) is 0 Å². The molecule has 0 aromatic carbocycles. The third kappa shape index (κ3) is 1.58. The van der Waals surface area contributed by atoms with Crippen LogP contribution in [0.25, 0.3) is 0 Å².